The molecule has 1 atom stereocenters. The molecule has 0 aromatic heterocycles. The van der Waals surface area contributed by atoms with Gasteiger partial charge >= 0.3 is 0 Å². The van der Waals surface area contributed by atoms with E-state index in [4.69, 9.17) is 23.2 Å². The van der Waals surface area contributed by atoms with Crippen LogP contribution in [-0.4, -0.2) is 11.7 Å². The molecule has 0 fully saturated rings. The number of nitrogens with zero attached hydrogens (tertiary/aromatic N) is 1. The zero-order valence-corrected chi connectivity index (χ0v) is 17.6. The fourth-order valence-electron chi connectivity index (χ4n) is 4.36. The SMILES string of the molecule is CC1(C)CC(=O)C2=C(C1)N(c1ccc(F)cc1)C(=O)C[C@H]2c1cccc(Cl)c1Cl. The molecule has 29 heavy (non-hydrogen) atoms. The van der Waals surface area contributed by atoms with Gasteiger partial charge in [0.2, 0.25) is 5.91 Å². The minimum atomic E-state index is -0.441. The molecule has 0 bridgehead atoms. The molecule has 0 unspecified atom stereocenters. The maximum atomic E-state index is 13.4. The summed E-state index contributed by atoms with van der Waals surface area (Å²) in [6, 6.07) is 11.0. The fourth-order valence-corrected chi connectivity index (χ4v) is 4.80. The monoisotopic (exact) mass is 431 g/mol. The zero-order valence-electron chi connectivity index (χ0n) is 16.1. The second-order valence-electron chi connectivity index (χ2n) is 8.41. The van der Waals surface area contributed by atoms with Crippen LogP contribution in [0.2, 0.25) is 10.0 Å². The van der Waals surface area contributed by atoms with E-state index < -0.39 is 5.92 Å². The van der Waals surface area contributed by atoms with E-state index in [-0.39, 0.29) is 29.3 Å². The minimum Gasteiger partial charge on any atom is -0.294 e. The Morgan fingerprint density at radius 1 is 1.03 bits per heavy atom. The number of carbonyl (C=O) groups excluding carboxylic acids is 2. The Labute approximate surface area is 179 Å². The minimum absolute atomic E-state index is 0.0110. The molecule has 1 amide bonds. The predicted octanol–water partition coefficient (Wildman–Crippen LogP) is 6.30. The van der Waals surface area contributed by atoms with Crippen molar-refractivity contribution in [3.63, 3.8) is 0 Å². The van der Waals surface area contributed by atoms with E-state index in [1.165, 1.54) is 12.1 Å². The summed E-state index contributed by atoms with van der Waals surface area (Å²) in [6.45, 7) is 4.02. The van der Waals surface area contributed by atoms with Crippen LogP contribution >= 0.6 is 23.2 Å². The van der Waals surface area contributed by atoms with E-state index in [2.05, 4.69) is 0 Å². The first-order chi connectivity index (χ1) is 13.7. The quantitative estimate of drug-likeness (QED) is 0.559. The van der Waals surface area contributed by atoms with Crippen molar-refractivity contribution in [3.8, 4) is 0 Å². The first kappa shape index (κ1) is 20.1. The van der Waals surface area contributed by atoms with Crippen molar-refractivity contribution in [1.82, 2.24) is 0 Å². The Morgan fingerprint density at radius 2 is 1.72 bits per heavy atom. The van der Waals surface area contributed by atoms with Gasteiger partial charge in [-0.25, -0.2) is 4.39 Å². The topological polar surface area (TPSA) is 37.4 Å². The van der Waals surface area contributed by atoms with Gasteiger partial charge in [0.25, 0.3) is 0 Å². The van der Waals surface area contributed by atoms with Gasteiger partial charge in [0, 0.05) is 35.7 Å². The van der Waals surface area contributed by atoms with E-state index >= 15 is 0 Å². The molecule has 1 aliphatic heterocycles. The lowest BCUT2D eigenvalue weighted by Crippen LogP contribution is -2.43. The molecule has 0 radical (unpaired) electrons. The third kappa shape index (κ3) is 3.60. The molecular weight excluding hydrogens is 412 g/mol. The fraction of sp³-hybridized carbons (Fsp3) is 0.304. The Kier molecular flexibility index (Phi) is 5.04. The molecule has 4 rings (SSSR count). The summed E-state index contributed by atoms with van der Waals surface area (Å²) in [6.07, 6.45) is 1.06. The van der Waals surface area contributed by atoms with Gasteiger partial charge in [-0.1, -0.05) is 49.2 Å². The van der Waals surface area contributed by atoms with Gasteiger partial charge in [0.05, 0.1) is 10.0 Å². The second kappa shape index (κ2) is 7.26. The molecule has 0 N–H and O–H groups in total. The first-order valence-electron chi connectivity index (χ1n) is 9.46. The highest BCUT2D eigenvalue weighted by atomic mass is 35.5. The van der Waals surface area contributed by atoms with Gasteiger partial charge in [0.15, 0.2) is 5.78 Å². The number of carbonyl (C=O) groups is 2. The number of hydrogen-bond donors (Lipinski definition) is 0. The summed E-state index contributed by atoms with van der Waals surface area (Å²) in [5, 5.41) is 0.759. The van der Waals surface area contributed by atoms with Crippen molar-refractivity contribution in [2.45, 2.75) is 39.0 Å². The van der Waals surface area contributed by atoms with Crippen LogP contribution in [0.4, 0.5) is 10.1 Å². The van der Waals surface area contributed by atoms with Crippen LogP contribution in [0.3, 0.4) is 0 Å². The van der Waals surface area contributed by atoms with E-state index in [0.29, 0.717) is 45.4 Å². The number of halogens is 3. The standard InChI is InChI=1S/C23H20Cl2FNO2/c1-23(2)11-18-21(19(28)12-23)16(15-4-3-5-17(24)22(15)25)10-20(29)27(18)14-8-6-13(26)7-9-14/h3-9,16H,10-12H2,1-2H3/t16-/m0/s1. The number of anilines is 1. The van der Waals surface area contributed by atoms with Gasteiger partial charge in [-0.15, -0.1) is 0 Å². The van der Waals surface area contributed by atoms with Crippen molar-refractivity contribution in [2.24, 2.45) is 5.41 Å². The molecule has 2 aliphatic rings. The Bertz CT molecular complexity index is 1040. The van der Waals surface area contributed by atoms with Crippen LogP contribution in [0, 0.1) is 11.2 Å². The van der Waals surface area contributed by atoms with Crippen LogP contribution in [0.5, 0.6) is 0 Å². The number of allylic oxidation sites excluding steroid dienone is 2. The summed E-state index contributed by atoms with van der Waals surface area (Å²) >= 11 is 12.6. The largest absolute Gasteiger partial charge is 0.294 e. The van der Waals surface area contributed by atoms with Crippen molar-refractivity contribution < 1.29 is 14.0 Å². The third-order valence-electron chi connectivity index (χ3n) is 5.58. The van der Waals surface area contributed by atoms with Crippen LogP contribution in [0.15, 0.2) is 53.7 Å². The van der Waals surface area contributed by atoms with Gasteiger partial charge in [-0.2, -0.15) is 0 Å². The Balaban J connectivity index is 1.92. The molecule has 3 nitrogen and oxygen atoms in total. The van der Waals surface area contributed by atoms with E-state index in [0.717, 1.165) is 0 Å². The molecule has 0 saturated heterocycles. The van der Waals surface area contributed by atoms with E-state index in [9.17, 15) is 14.0 Å². The molecule has 150 valence electrons. The lowest BCUT2D eigenvalue weighted by atomic mass is 9.69. The molecule has 2 aromatic carbocycles. The second-order valence-corrected chi connectivity index (χ2v) is 9.19. The zero-order chi connectivity index (χ0) is 20.9. The highest BCUT2D eigenvalue weighted by molar-refractivity contribution is 6.42. The number of benzene rings is 2. The van der Waals surface area contributed by atoms with E-state index in [1.54, 1.807) is 29.2 Å². The number of hydrogen-bond acceptors (Lipinski definition) is 2. The maximum absolute atomic E-state index is 13.4. The number of ketones is 1. The number of rotatable bonds is 2. The van der Waals surface area contributed by atoms with Gasteiger partial charge < -0.3 is 0 Å². The van der Waals surface area contributed by atoms with Crippen LogP contribution < -0.4 is 4.90 Å². The molecule has 1 aliphatic carbocycles. The number of amides is 1. The van der Waals surface area contributed by atoms with Crippen molar-refractivity contribution in [1.29, 1.82) is 0 Å². The summed E-state index contributed by atoms with van der Waals surface area (Å²) in [5.74, 6) is -0.959. The highest BCUT2D eigenvalue weighted by Gasteiger charge is 2.44. The van der Waals surface area contributed by atoms with Crippen LogP contribution in [-0.2, 0) is 9.59 Å². The first-order valence-corrected chi connectivity index (χ1v) is 10.2. The number of Topliss-reactive ketones (excluding diaryl/α,β-unsaturated/α-hetero) is 1. The lowest BCUT2D eigenvalue weighted by Gasteiger charge is -2.43. The lowest BCUT2D eigenvalue weighted by molar-refractivity contribution is -0.121. The van der Waals surface area contributed by atoms with Crippen LogP contribution in [0.25, 0.3) is 0 Å². The summed E-state index contributed by atoms with van der Waals surface area (Å²) < 4.78 is 13.4. The van der Waals surface area contributed by atoms with Crippen molar-refractivity contribution in [3.05, 3.63) is 75.2 Å². The molecule has 6 heteroatoms. The van der Waals surface area contributed by atoms with Crippen molar-refractivity contribution >= 4 is 40.6 Å². The summed E-state index contributed by atoms with van der Waals surface area (Å²) in [4.78, 5) is 28.0. The van der Waals surface area contributed by atoms with Crippen molar-refractivity contribution in [2.75, 3.05) is 4.90 Å². The molecular formula is C23H20Cl2FNO2. The maximum Gasteiger partial charge on any atom is 0.232 e. The van der Waals surface area contributed by atoms with E-state index in [1.807, 2.05) is 19.9 Å². The summed E-state index contributed by atoms with van der Waals surface area (Å²) in [5.41, 5.74) is 2.25. The molecule has 0 spiro atoms. The average molecular weight is 432 g/mol. The highest BCUT2D eigenvalue weighted by Crippen LogP contribution is 2.49. The van der Waals surface area contributed by atoms with Gasteiger partial charge in [-0.3, -0.25) is 14.5 Å². The van der Waals surface area contributed by atoms with Crippen LogP contribution in [0.1, 0.15) is 44.6 Å². The molecule has 0 saturated carbocycles. The predicted molar refractivity (Wildman–Crippen MR) is 113 cm³/mol. The Morgan fingerprint density at radius 3 is 2.41 bits per heavy atom. The normalized spacial score (nSPS) is 21.4. The van der Waals surface area contributed by atoms with Gasteiger partial charge in [0.1, 0.15) is 5.82 Å². The molecule has 2 aromatic rings. The Hall–Kier alpha value is -2.17. The molecule has 1 heterocycles. The van der Waals surface area contributed by atoms with Gasteiger partial charge in [-0.05, 0) is 47.7 Å². The summed E-state index contributed by atoms with van der Waals surface area (Å²) in [7, 11) is 0. The average Bonchev–Trinajstić information content (AvgIpc) is 2.63. The smallest absolute Gasteiger partial charge is 0.232 e. The third-order valence-corrected chi connectivity index (χ3v) is 6.42.